The van der Waals surface area contributed by atoms with Gasteiger partial charge in [0.25, 0.3) is 0 Å². The monoisotopic (exact) mass is 838 g/mol. The first kappa shape index (κ1) is 55.7. The summed E-state index contributed by atoms with van der Waals surface area (Å²) in [6.07, 6.45) is 42.3. The lowest BCUT2D eigenvalue weighted by atomic mass is 9.99. The van der Waals surface area contributed by atoms with Crippen LogP contribution in [0.1, 0.15) is 232 Å². The summed E-state index contributed by atoms with van der Waals surface area (Å²) in [6, 6.07) is -0.801. The van der Waals surface area contributed by atoms with E-state index in [0.29, 0.717) is 6.42 Å². The van der Waals surface area contributed by atoms with Gasteiger partial charge in [0.15, 0.2) is 6.29 Å². The largest absolute Gasteiger partial charge is 0.394 e. The number of hydrogen-bond donors (Lipinski definition) is 6. The highest BCUT2D eigenvalue weighted by molar-refractivity contribution is 5.76. The second kappa shape index (κ2) is 40.7. The molecular weight excluding hydrogens is 743 g/mol. The van der Waals surface area contributed by atoms with E-state index in [0.717, 1.165) is 38.5 Å². The topological polar surface area (TPSA) is 149 Å². The normalized spacial score (nSPS) is 20.8. The summed E-state index contributed by atoms with van der Waals surface area (Å²) in [6.45, 7) is 3.78. The van der Waals surface area contributed by atoms with Crippen LogP contribution in [-0.4, -0.2) is 87.5 Å². The molecule has 0 saturated carbocycles. The van der Waals surface area contributed by atoms with Gasteiger partial charge in [-0.25, -0.2) is 0 Å². The third-order valence-corrected chi connectivity index (χ3v) is 12.0. The number of aliphatic hydroxyl groups is 5. The summed E-state index contributed by atoms with van der Waals surface area (Å²) in [7, 11) is 0. The van der Waals surface area contributed by atoms with E-state index in [-0.39, 0.29) is 12.5 Å². The van der Waals surface area contributed by atoms with Gasteiger partial charge in [0.1, 0.15) is 24.4 Å². The molecule has 59 heavy (non-hydrogen) atoms. The second-order valence-electron chi connectivity index (χ2n) is 17.6. The molecule has 0 aliphatic carbocycles. The Balaban J connectivity index is 2.25. The average Bonchev–Trinajstić information content (AvgIpc) is 3.23. The second-order valence-corrected chi connectivity index (χ2v) is 17.6. The third kappa shape index (κ3) is 31.2. The van der Waals surface area contributed by atoms with Crippen LogP contribution in [0.2, 0.25) is 0 Å². The molecule has 0 bridgehead atoms. The predicted molar refractivity (Wildman–Crippen MR) is 244 cm³/mol. The van der Waals surface area contributed by atoms with Gasteiger partial charge in [-0.15, -0.1) is 0 Å². The summed E-state index contributed by atoms with van der Waals surface area (Å²) in [5.74, 6) is -0.176. The maximum atomic E-state index is 13.0. The number of ether oxygens (including phenoxy) is 2. The number of allylic oxidation sites excluding steroid dienone is 3. The number of carbonyl (C=O) groups is 1. The lowest BCUT2D eigenvalue weighted by molar-refractivity contribution is -0.302. The summed E-state index contributed by atoms with van der Waals surface area (Å²) in [5, 5.41) is 54.2. The van der Waals surface area contributed by atoms with Crippen LogP contribution in [0.3, 0.4) is 0 Å². The van der Waals surface area contributed by atoms with Crippen molar-refractivity contribution in [3.8, 4) is 0 Å². The number of rotatable bonds is 42. The third-order valence-electron chi connectivity index (χ3n) is 12.0. The molecule has 0 aromatic carbocycles. The standard InChI is InChI=1S/C50H95NO8/c1-3-5-7-9-11-13-15-17-18-19-20-21-22-23-24-25-26-28-30-32-34-36-38-40-46(54)51-43(42-58-50-49(57)48(56)47(55)45(41-52)59-50)44(53)39-37-35-33-31-29-27-16-14-12-10-8-6-4-2/h17-18,37,39,43-45,47-50,52-53,55-57H,3-16,19-36,38,40-42H2,1-2H3,(H,51,54)/t43?,44?,45-,47+,48+,49-,50-/m1/s1. The summed E-state index contributed by atoms with van der Waals surface area (Å²) in [4.78, 5) is 13.0. The minimum atomic E-state index is -1.56. The number of unbranched alkanes of at least 4 members (excludes halogenated alkanes) is 30. The Bertz CT molecular complexity index is 977. The molecule has 0 radical (unpaired) electrons. The number of hydrogen-bond acceptors (Lipinski definition) is 8. The van der Waals surface area contributed by atoms with E-state index in [9.17, 15) is 30.3 Å². The van der Waals surface area contributed by atoms with Gasteiger partial charge in [-0.1, -0.05) is 205 Å². The van der Waals surface area contributed by atoms with Gasteiger partial charge in [-0.05, 0) is 44.9 Å². The highest BCUT2D eigenvalue weighted by Gasteiger charge is 2.44. The van der Waals surface area contributed by atoms with Crippen molar-refractivity contribution in [1.29, 1.82) is 0 Å². The number of nitrogens with one attached hydrogen (secondary N) is 1. The van der Waals surface area contributed by atoms with Crippen molar-refractivity contribution in [2.24, 2.45) is 0 Å². The molecule has 6 N–H and O–H groups in total. The molecule has 348 valence electrons. The SMILES string of the molecule is CCCCCCCCC=CCCCCCCCCCCCCCCCC(=O)NC(CO[C@@H]1O[C@H](CO)[C@H](O)[C@H](O)[C@H]1O)C(O)C=CCCCCCCCCCCCCC. The first-order chi connectivity index (χ1) is 28.8. The van der Waals surface area contributed by atoms with Gasteiger partial charge in [0.2, 0.25) is 5.91 Å². The minimum absolute atomic E-state index is 0.176. The first-order valence-corrected chi connectivity index (χ1v) is 25.1. The van der Waals surface area contributed by atoms with Crippen LogP contribution in [0.4, 0.5) is 0 Å². The van der Waals surface area contributed by atoms with Crippen LogP contribution in [-0.2, 0) is 14.3 Å². The van der Waals surface area contributed by atoms with Crippen molar-refractivity contribution in [2.45, 2.75) is 275 Å². The minimum Gasteiger partial charge on any atom is -0.394 e. The van der Waals surface area contributed by atoms with Crippen LogP contribution in [0.25, 0.3) is 0 Å². The fourth-order valence-electron chi connectivity index (χ4n) is 7.97. The highest BCUT2D eigenvalue weighted by Crippen LogP contribution is 2.23. The Labute approximate surface area is 362 Å². The Morgan fingerprint density at radius 2 is 0.949 bits per heavy atom. The van der Waals surface area contributed by atoms with Crippen molar-refractivity contribution in [1.82, 2.24) is 5.32 Å². The molecule has 1 aliphatic heterocycles. The Morgan fingerprint density at radius 3 is 1.37 bits per heavy atom. The fourth-order valence-corrected chi connectivity index (χ4v) is 7.97. The number of amides is 1. The zero-order chi connectivity index (χ0) is 43.0. The van der Waals surface area contributed by atoms with Crippen molar-refractivity contribution in [3.05, 3.63) is 24.3 Å². The maximum absolute atomic E-state index is 13.0. The molecule has 2 unspecified atom stereocenters. The van der Waals surface area contributed by atoms with Crippen molar-refractivity contribution >= 4 is 5.91 Å². The molecule has 0 aromatic rings. The van der Waals surface area contributed by atoms with E-state index in [1.165, 1.54) is 173 Å². The molecule has 0 spiro atoms. The van der Waals surface area contributed by atoms with Gasteiger partial charge >= 0.3 is 0 Å². The van der Waals surface area contributed by atoms with Gasteiger partial charge < -0.3 is 40.3 Å². The van der Waals surface area contributed by atoms with Gasteiger partial charge in [-0.2, -0.15) is 0 Å². The van der Waals surface area contributed by atoms with Crippen LogP contribution in [0, 0.1) is 0 Å². The zero-order valence-corrected chi connectivity index (χ0v) is 38.3. The van der Waals surface area contributed by atoms with Crippen molar-refractivity contribution < 1.29 is 39.8 Å². The lowest BCUT2D eigenvalue weighted by Crippen LogP contribution is -2.60. The summed E-state index contributed by atoms with van der Waals surface area (Å²) >= 11 is 0. The van der Waals surface area contributed by atoms with Crippen LogP contribution < -0.4 is 5.32 Å². The van der Waals surface area contributed by atoms with E-state index in [1.807, 2.05) is 6.08 Å². The molecule has 1 saturated heterocycles. The fraction of sp³-hybridized carbons (Fsp3) is 0.900. The quantitative estimate of drug-likeness (QED) is 0.0263. The smallest absolute Gasteiger partial charge is 0.220 e. The number of carbonyl (C=O) groups excluding carboxylic acids is 1. The molecule has 1 fully saturated rings. The highest BCUT2D eigenvalue weighted by atomic mass is 16.7. The Morgan fingerprint density at radius 1 is 0.559 bits per heavy atom. The van der Waals surface area contributed by atoms with Crippen molar-refractivity contribution in [2.75, 3.05) is 13.2 Å². The molecule has 1 aliphatic rings. The van der Waals surface area contributed by atoms with E-state index in [4.69, 9.17) is 9.47 Å². The van der Waals surface area contributed by atoms with Crippen LogP contribution in [0.5, 0.6) is 0 Å². The Kier molecular flexibility index (Phi) is 38.4. The van der Waals surface area contributed by atoms with E-state index in [2.05, 4.69) is 31.3 Å². The molecule has 1 heterocycles. The first-order valence-electron chi connectivity index (χ1n) is 25.1. The molecular formula is C50H95NO8. The lowest BCUT2D eigenvalue weighted by Gasteiger charge is -2.40. The molecule has 9 nitrogen and oxygen atoms in total. The van der Waals surface area contributed by atoms with Crippen LogP contribution >= 0.6 is 0 Å². The summed E-state index contributed by atoms with van der Waals surface area (Å²) in [5.41, 5.74) is 0. The number of aliphatic hydroxyl groups excluding tert-OH is 5. The van der Waals surface area contributed by atoms with E-state index >= 15 is 0 Å². The maximum Gasteiger partial charge on any atom is 0.220 e. The van der Waals surface area contributed by atoms with E-state index in [1.54, 1.807) is 6.08 Å². The molecule has 1 rings (SSSR count). The molecule has 0 aromatic heterocycles. The van der Waals surface area contributed by atoms with Gasteiger partial charge in [0, 0.05) is 6.42 Å². The summed E-state index contributed by atoms with van der Waals surface area (Å²) < 4.78 is 11.2. The van der Waals surface area contributed by atoms with Crippen molar-refractivity contribution in [3.63, 3.8) is 0 Å². The predicted octanol–water partition coefficient (Wildman–Crippen LogP) is 11.1. The molecule has 9 heteroatoms. The Hall–Kier alpha value is -1.33. The van der Waals surface area contributed by atoms with Crippen LogP contribution in [0.15, 0.2) is 24.3 Å². The molecule has 7 atom stereocenters. The van der Waals surface area contributed by atoms with Gasteiger partial charge in [-0.3, -0.25) is 4.79 Å². The van der Waals surface area contributed by atoms with Gasteiger partial charge in [0.05, 0.1) is 25.4 Å². The zero-order valence-electron chi connectivity index (χ0n) is 38.3. The molecule has 1 amide bonds. The van der Waals surface area contributed by atoms with E-state index < -0.39 is 49.5 Å². The average molecular weight is 838 g/mol.